The van der Waals surface area contributed by atoms with Crippen molar-refractivity contribution in [3.8, 4) is 11.4 Å². The molecular formula is C19H26N2O2. The van der Waals surface area contributed by atoms with E-state index >= 15 is 0 Å². The SMILES string of the molecule is CCCN(C)CC(=O)c1cc(C)n(-c2ccc(OC)cc2)c1C. The van der Waals surface area contributed by atoms with Crippen LogP contribution in [0.4, 0.5) is 0 Å². The number of rotatable bonds is 7. The van der Waals surface area contributed by atoms with Gasteiger partial charge in [0.1, 0.15) is 5.75 Å². The van der Waals surface area contributed by atoms with Crippen molar-refractivity contribution in [2.75, 3.05) is 27.2 Å². The summed E-state index contributed by atoms with van der Waals surface area (Å²) in [6.07, 6.45) is 1.05. The van der Waals surface area contributed by atoms with Crippen LogP contribution in [0.25, 0.3) is 5.69 Å². The van der Waals surface area contributed by atoms with Crippen molar-refractivity contribution in [2.24, 2.45) is 0 Å². The second-order valence-corrected chi connectivity index (χ2v) is 5.98. The largest absolute Gasteiger partial charge is 0.497 e. The van der Waals surface area contributed by atoms with Crippen LogP contribution in [0.3, 0.4) is 0 Å². The van der Waals surface area contributed by atoms with Crippen LogP contribution in [0, 0.1) is 13.8 Å². The number of hydrogen-bond donors (Lipinski definition) is 0. The zero-order chi connectivity index (χ0) is 17.0. The quantitative estimate of drug-likeness (QED) is 0.732. The number of hydrogen-bond acceptors (Lipinski definition) is 3. The molecular weight excluding hydrogens is 288 g/mol. The number of methoxy groups -OCH3 is 1. The van der Waals surface area contributed by atoms with Crippen molar-refractivity contribution in [3.63, 3.8) is 0 Å². The van der Waals surface area contributed by atoms with Gasteiger partial charge in [0.15, 0.2) is 5.78 Å². The summed E-state index contributed by atoms with van der Waals surface area (Å²) in [5.74, 6) is 1.00. The van der Waals surface area contributed by atoms with Gasteiger partial charge in [-0.2, -0.15) is 0 Å². The van der Waals surface area contributed by atoms with Crippen molar-refractivity contribution in [3.05, 3.63) is 47.3 Å². The van der Waals surface area contributed by atoms with Crippen LogP contribution >= 0.6 is 0 Å². The number of nitrogens with zero attached hydrogens (tertiary/aromatic N) is 2. The van der Waals surface area contributed by atoms with E-state index in [9.17, 15) is 4.79 Å². The van der Waals surface area contributed by atoms with E-state index in [-0.39, 0.29) is 5.78 Å². The Labute approximate surface area is 138 Å². The predicted molar refractivity (Wildman–Crippen MR) is 93.9 cm³/mol. The minimum atomic E-state index is 0.175. The molecule has 1 aromatic carbocycles. The van der Waals surface area contributed by atoms with Gasteiger partial charge in [-0.15, -0.1) is 0 Å². The summed E-state index contributed by atoms with van der Waals surface area (Å²) in [6.45, 7) is 7.55. The Balaban J connectivity index is 2.29. The Bertz CT molecular complexity index is 671. The second kappa shape index (κ2) is 7.47. The number of benzene rings is 1. The van der Waals surface area contributed by atoms with Gasteiger partial charge in [-0.25, -0.2) is 0 Å². The van der Waals surface area contributed by atoms with Gasteiger partial charge < -0.3 is 9.30 Å². The number of aromatic nitrogens is 1. The lowest BCUT2D eigenvalue weighted by Gasteiger charge is -2.14. The van der Waals surface area contributed by atoms with E-state index in [0.29, 0.717) is 6.54 Å². The van der Waals surface area contributed by atoms with Crippen LogP contribution in [0.15, 0.2) is 30.3 Å². The van der Waals surface area contributed by atoms with E-state index in [1.54, 1.807) is 7.11 Å². The van der Waals surface area contributed by atoms with Crippen LogP contribution in [-0.2, 0) is 0 Å². The summed E-state index contributed by atoms with van der Waals surface area (Å²) in [5, 5.41) is 0. The van der Waals surface area contributed by atoms with Crippen molar-refractivity contribution >= 4 is 5.78 Å². The van der Waals surface area contributed by atoms with Gasteiger partial charge in [-0.3, -0.25) is 9.69 Å². The molecule has 0 radical (unpaired) electrons. The molecule has 0 fully saturated rings. The monoisotopic (exact) mass is 314 g/mol. The average Bonchev–Trinajstić information content (AvgIpc) is 2.82. The number of carbonyl (C=O) groups excluding carboxylic acids is 1. The molecule has 0 amide bonds. The molecule has 124 valence electrons. The summed E-state index contributed by atoms with van der Waals surface area (Å²) in [6, 6.07) is 9.88. The molecule has 0 aliphatic carbocycles. The number of aryl methyl sites for hydroxylation is 1. The summed E-state index contributed by atoms with van der Waals surface area (Å²) in [4.78, 5) is 14.6. The van der Waals surface area contributed by atoms with E-state index in [1.807, 2.05) is 51.2 Å². The molecule has 0 aliphatic rings. The number of carbonyl (C=O) groups is 1. The maximum Gasteiger partial charge on any atom is 0.178 e. The molecule has 2 rings (SSSR count). The topological polar surface area (TPSA) is 34.5 Å². The molecule has 0 atom stereocenters. The van der Waals surface area contributed by atoms with Crippen LogP contribution in [0.1, 0.15) is 35.1 Å². The molecule has 1 aromatic heterocycles. The fourth-order valence-corrected chi connectivity index (χ4v) is 2.96. The molecule has 0 aliphatic heterocycles. The van der Waals surface area contributed by atoms with E-state index in [2.05, 4.69) is 16.4 Å². The molecule has 0 saturated heterocycles. The lowest BCUT2D eigenvalue weighted by atomic mass is 10.1. The number of ether oxygens (including phenoxy) is 1. The van der Waals surface area contributed by atoms with E-state index in [1.165, 1.54) is 0 Å². The highest BCUT2D eigenvalue weighted by atomic mass is 16.5. The Morgan fingerprint density at radius 3 is 2.43 bits per heavy atom. The van der Waals surface area contributed by atoms with Crippen LogP contribution in [0.5, 0.6) is 5.75 Å². The lowest BCUT2D eigenvalue weighted by molar-refractivity contribution is 0.0946. The standard InChI is InChI=1S/C19H26N2O2/c1-6-11-20(4)13-19(22)18-12-14(2)21(15(18)3)16-7-9-17(23-5)10-8-16/h7-10,12H,6,11,13H2,1-5H3. The molecule has 4 heteroatoms. The number of Topliss-reactive ketones (excluding diaryl/α,β-unsaturated/α-hetero) is 1. The predicted octanol–water partition coefficient (Wildman–Crippen LogP) is 3.63. The molecule has 23 heavy (non-hydrogen) atoms. The van der Waals surface area contributed by atoms with Gasteiger partial charge in [0, 0.05) is 22.6 Å². The van der Waals surface area contributed by atoms with Gasteiger partial charge in [0.25, 0.3) is 0 Å². The lowest BCUT2D eigenvalue weighted by Crippen LogP contribution is -2.26. The minimum absolute atomic E-state index is 0.175. The average molecular weight is 314 g/mol. The van der Waals surface area contributed by atoms with E-state index < -0.39 is 0 Å². The van der Waals surface area contributed by atoms with Crippen molar-refractivity contribution in [1.82, 2.24) is 9.47 Å². The molecule has 0 saturated carbocycles. The van der Waals surface area contributed by atoms with Gasteiger partial charge in [-0.1, -0.05) is 6.92 Å². The third-order valence-corrected chi connectivity index (χ3v) is 4.08. The first-order chi connectivity index (χ1) is 11.0. The van der Waals surface area contributed by atoms with E-state index in [0.717, 1.165) is 41.4 Å². The third kappa shape index (κ3) is 3.82. The Morgan fingerprint density at radius 1 is 1.22 bits per heavy atom. The maximum absolute atomic E-state index is 12.6. The Hall–Kier alpha value is -2.07. The van der Waals surface area contributed by atoms with Crippen molar-refractivity contribution in [2.45, 2.75) is 27.2 Å². The normalized spacial score (nSPS) is 11.0. The fraction of sp³-hybridized carbons (Fsp3) is 0.421. The van der Waals surface area contributed by atoms with Crippen molar-refractivity contribution in [1.29, 1.82) is 0 Å². The summed E-state index contributed by atoms with van der Waals surface area (Å²) >= 11 is 0. The first-order valence-corrected chi connectivity index (χ1v) is 8.03. The zero-order valence-electron chi connectivity index (χ0n) is 14.7. The molecule has 2 aromatic rings. The molecule has 0 bridgehead atoms. The van der Waals surface area contributed by atoms with Crippen LogP contribution in [-0.4, -0.2) is 42.5 Å². The van der Waals surface area contributed by atoms with E-state index in [4.69, 9.17) is 4.74 Å². The van der Waals surface area contributed by atoms with Gasteiger partial charge >= 0.3 is 0 Å². The first kappa shape index (κ1) is 17.3. The summed E-state index contributed by atoms with van der Waals surface area (Å²) in [7, 11) is 3.65. The zero-order valence-corrected chi connectivity index (χ0v) is 14.7. The van der Waals surface area contributed by atoms with Gasteiger partial charge in [0.05, 0.1) is 13.7 Å². The Morgan fingerprint density at radius 2 is 1.87 bits per heavy atom. The summed E-state index contributed by atoms with van der Waals surface area (Å²) in [5.41, 5.74) is 3.90. The van der Waals surface area contributed by atoms with Crippen molar-refractivity contribution < 1.29 is 9.53 Å². The molecule has 0 N–H and O–H groups in total. The molecule has 1 heterocycles. The van der Waals surface area contributed by atoms with Crippen LogP contribution in [0.2, 0.25) is 0 Å². The smallest absolute Gasteiger partial charge is 0.178 e. The maximum atomic E-state index is 12.6. The highest BCUT2D eigenvalue weighted by Crippen LogP contribution is 2.23. The van der Waals surface area contributed by atoms with Crippen LogP contribution < -0.4 is 4.74 Å². The highest BCUT2D eigenvalue weighted by molar-refractivity contribution is 5.99. The molecule has 0 spiro atoms. The highest BCUT2D eigenvalue weighted by Gasteiger charge is 2.17. The summed E-state index contributed by atoms with van der Waals surface area (Å²) < 4.78 is 7.32. The molecule has 0 unspecified atom stereocenters. The van der Waals surface area contributed by atoms with Gasteiger partial charge in [0.2, 0.25) is 0 Å². The van der Waals surface area contributed by atoms with Gasteiger partial charge in [-0.05, 0) is 64.2 Å². The number of ketones is 1. The second-order valence-electron chi connectivity index (χ2n) is 5.98. The fourth-order valence-electron chi connectivity index (χ4n) is 2.96. The number of likely N-dealkylation sites (N-methyl/N-ethyl adjacent to an activating group) is 1. The first-order valence-electron chi connectivity index (χ1n) is 8.03. The Kier molecular flexibility index (Phi) is 5.61. The third-order valence-electron chi connectivity index (χ3n) is 4.08. The minimum Gasteiger partial charge on any atom is -0.497 e. The molecule has 4 nitrogen and oxygen atoms in total.